The van der Waals surface area contributed by atoms with Crippen molar-refractivity contribution in [3.8, 4) is 11.8 Å². The highest BCUT2D eigenvalue weighted by molar-refractivity contribution is 9.10. The number of rotatable bonds is 4. The Morgan fingerprint density at radius 3 is 2.48 bits per heavy atom. The van der Waals surface area contributed by atoms with Crippen LogP contribution >= 0.6 is 27.7 Å². The van der Waals surface area contributed by atoms with E-state index in [1.807, 2.05) is 0 Å². The third-order valence-electron chi connectivity index (χ3n) is 3.19. The normalized spacial score (nSPS) is 12.4. The molecule has 0 amide bonds. The summed E-state index contributed by atoms with van der Waals surface area (Å²) in [5.41, 5.74) is 0.292. The average Bonchev–Trinajstić information content (AvgIpc) is 2.50. The maximum Gasteiger partial charge on any atom is 0.126 e. The second-order valence-corrected chi connectivity index (χ2v) is 7.09. The summed E-state index contributed by atoms with van der Waals surface area (Å²) in [5.74, 6) is 4.17. The Balaban J connectivity index is 2.34. The van der Waals surface area contributed by atoms with Gasteiger partial charge < -0.3 is 5.11 Å². The molecule has 0 aliphatic heterocycles. The molecule has 0 bridgehead atoms. The lowest BCUT2D eigenvalue weighted by atomic mass is 10.0. The summed E-state index contributed by atoms with van der Waals surface area (Å²) in [7, 11) is 0. The van der Waals surface area contributed by atoms with Crippen molar-refractivity contribution in [3.63, 3.8) is 0 Å². The molecule has 0 aliphatic carbocycles. The zero-order valence-corrected chi connectivity index (χ0v) is 15.9. The minimum Gasteiger partial charge on any atom is -0.378 e. The van der Waals surface area contributed by atoms with Crippen LogP contribution in [0.5, 0.6) is 0 Å². The Kier molecular flexibility index (Phi) is 6.53. The quantitative estimate of drug-likeness (QED) is 0.563. The standard InChI is InChI=1S/C18H16BrClF2N2O/c1-18(2,25)6-5-14-3-4-15(19)17(23-14)16(24-20)9-11-7-12(21)10-13(22)8-11/h3-4,7-8,10,16,24-25H,9H2,1-2H3/t16-/m0/s1. The Morgan fingerprint density at radius 2 is 1.92 bits per heavy atom. The van der Waals surface area contributed by atoms with Crippen molar-refractivity contribution >= 4 is 27.7 Å². The number of hydrogen-bond acceptors (Lipinski definition) is 3. The van der Waals surface area contributed by atoms with E-state index < -0.39 is 23.3 Å². The highest BCUT2D eigenvalue weighted by Gasteiger charge is 2.18. The lowest BCUT2D eigenvalue weighted by Crippen LogP contribution is -2.17. The van der Waals surface area contributed by atoms with Gasteiger partial charge in [0.1, 0.15) is 22.9 Å². The molecule has 0 spiro atoms. The largest absolute Gasteiger partial charge is 0.378 e. The van der Waals surface area contributed by atoms with E-state index in [-0.39, 0.29) is 6.42 Å². The number of nitrogens with one attached hydrogen (secondary N) is 1. The summed E-state index contributed by atoms with van der Waals surface area (Å²) in [4.78, 5) is 7.00. The van der Waals surface area contributed by atoms with E-state index in [0.717, 1.165) is 6.07 Å². The van der Waals surface area contributed by atoms with Crippen molar-refractivity contribution < 1.29 is 13.9 Å². The molecular weight excluding hydrogens is 414 g/mol. The van der Waals surface area contributed by atoms with Gasteiger partial charge in [-0.1, -0.05) is 5.92 Å². The number of pyridine rings is 1. The lowest BCUT2D eigenvalue weighted by Gasteiger charge is -2.16. The fraction of sp³-hybridized carbons (Fsp3) is 0.278. The van der Waals surface area contributed by atoms with Gasteiger partial charge in [-0.05, 0) is 83.7 Å². The first-order valence-electron chi connectivity index (χ1n) is 7.41. The molecule has 1 atom stereocenters. The summed E-state index contributed by atoms with van der Waals surface area (Å²) in [6.45, 7) is 3.14. The van der Waals surface area contributed by atoms with Crippen molar-refractivity contribution in [2.45, 2.75) is 31.9 Å². The molecule has 0 aliphatic rings. The van der Waals surface area contributed by atoms with E-state index in [1.54, 1.807) is 26.0 Å². The van der Waals surface area contributed by atoms with Gasteiger partial charge in [0.2, 0.25) is 0 Å². The van der Waals surface area contributed by atoms with E-state index >= 15 is 0 Å². The zero-order valence-electron chi connectivity index (χ0n) is 13.6. The van der Waals surface area contributed by atoms with Gasteiger partial charge in [-0.2, -0.15) is 0 Å². The summed E-state index contributed by atoms with van der Waals surface area (Å²) in [5, 5.41) is 9.69. The molecule has 132 valence electrons. The predicted octanol–water partition coefficient (Wildman–Crippen LogP) is 4.27. The van der Waals surface area contributed by atoms with Crippen LogP contribution in [0.3, 0.4) is 0 Å². The van der Waals surface area contributed by atoms with Crippen LogP contribution < -0.4 is 4.84 Å². The fourth-order valence-corrected chi connectivity index (χ4v) is 2.82. The van der Waals surface area contributed by atoms with Gasteiger partial charge >= 0.3 is 0 Å². The molecule has 1 aromatic carbocycles. The maximum absolute atomic E-state index is 13.4. The Labute approximate surface area is 158 Å². The summed E-state index contributed by atoms with van der Waals surface area (Å²) >= 11 is 9.23. The van der Waals surface area contributed by atoms with Gasteiger partial charge in [0.25, 0.3) is 0 Å². The van der Waals surface area contributed by atoms with Crippen molar-refractivity contribution in [2.24, 2.45) is 0 Å². The Morgan fingerprint density at radius 1 is 1.28 bits per heavy atom. The second kappa shape index (κ2) is 8.24. The molecule has 7 heteroatoms. The van der Waals surface area contributed by atoms with E-state index in [2.05, 4.69) is 37.6 Å². The van der Waals surface area contributed by atoms with Gasteiger partial charge in [-0.25, -0.2) is 18.6 Å². The Hall–Kier alpha value is -1.52. The van der Waals surface area contributed by atoms with Crippen LogP contribution in [0, 0.1) is 23.5 Å². The van der Waals surface area contributed by atoms with Crippen molar-refractivity contribution in [2.75, 3.05) is 0 Å². The van der Waals surface area contributed by atoms with Crippen LogP contribution in [0.1, 0.15) is 36.8 Å². The van der Waals surface area contributed by atoms with E-state index in [4.69, 9.17) is 11.8 Å². The third kappa shape index (κ3) is 6.05. The van der Waals surface area contributed by atoms with Gasteiger partial charge in [0.15, 0.2) is 0 Å². The van der Waals surface area contributed by atoms with E-state index in [0.29, 0.717) is 21.4 Å². The molecule has 2 rings (SSSR count). The Bertz CT molecular complexity index is 808. The van der Waals surface area contributed by atoms with Gasteiger partial charge in [0.05, 0.1) is 11.7 Å². The lowest BCUT2D eigenvalue weighted by molar-refractivity contribution is 0.143. The van der Waals surface area contributed by atoms with Gasteiger partial charge in [-0.3, -0.25) is 0 Å². The predicted molar refractivity (Wildman–Crippen MR) is 96.9 cm³/mol. The van der Waals surface area contributed by atoms with E-state index in [9.17, 15) is 13.9 Å². The molecule has 2 N–H and O–H groups in total. The molecule has 1 heterocycles. The molecule has 1 aromatic heterocycles. The number of hydrogen-bond donors (Lipinski definition) is 2. The maximum atomic E-state index is 13.4. The third-order valence-corrected chi connectivity index (χ3v) is 4.13. The highest BCUT2D eigenvalue weighted by atomic mass is 79.9. The minimum absolute atomic E-state index is 0.228. The molecule has 0 fully saturated rings. The summed E-state index contributed by atoms with van der Waals surface area (Å²) in [6.07, 6.45) is 0.228. The molecule has 25 heavy (non-hydrogen) atoms. The number of benzene rings is 1. The topological polar surface area (TPSA) is 45.1 Å². The number of nitrogens with zero attached hydrogens (tertiary/aromatic N) is 1. The zero-order chi connectivity index (χ0) is 18.6. The van der Waals surface area contributed by atoms with Crippen molar-refractivity contribution in [1.82, 2.24) is 9.82 Å². The van der Waals surface area contributed by atoms with Crippen LogP contribution in [0.25, 0.3) is 0 Å². The SMILES string of the molecule is CC(C)(O)C#Cc1ccc(Br)c([C@H](Cc2cc(F)cc(F)c2)NCl)n1. The van der Waals surface area contributed by atoms with Crippen LogP contribution in [-0.2, 0) is 6.42 Å². The van der Waals surface area contributed by atoms with Crippen LogP contribution in [-0.4, -0.2) is 15.7 Å². The minimum atomic E-state index is -1.14. The van der Waals surface area contributed by atoms with Crippen molar-refractivity contribution in [3.05, 3.63) is 63.4 Å². The monoisotopic (exact) mass is 428 g/mol. The van der Waals surface area contributed by atoms with Gasteiger partial charge in [-0.15, -0.1) is 0 Å². The average molecular weight is 430 g/mol. The van der Waals surface area contributed by atoms with Crippen LogP contribution in [0.15, 0.2) is 34.8 Å². The molecule has 3 nitrogen and oxygen atoms in total. The highest BCUT2D eigenvalue weighted by Crippen LogP contribution is 2.26. The first-order valence-corrected chi connectivity index (χ1v) is 8.58. The summed E-state index contributed by atoms with van der Waals surface area (Å²) < 4.78 is 27.4. The molecule has 0 radical (unpaired) electrons. The van der Waals surface area contributed by atoms with Crippen LogP contribution in [0.2, 0.25) is 0 Å². The van der Waals surface area contributed by atoms with Crippen LogP contribution in [0.4, 0.5) is 8.78 Å². The van der Waals surface area contributed by atoms with Crippen molar-refractivity contribution in [1.29, 1.82) is 0 Å². The first-order chi connectivity index (χ1) is 11.7. The first kappa shape index (κ1) is 19.8. The van der Waals surface area contributed by atoms with Gasteiger partial charge in [0, 0.05) is 10.5 Å². The number of aliphatic hydroxyl groups is 1. The molecule has 2 aromatic rings. The smallest absolute Gasteiger partial charge is 0.126 e. The molecule has 0 saturated heterocycles. The second-order valence-electron chi connectivity index (χ2n) is 6.02. The molecule has 0 unspecified atom stereocenters. The number of halogens is 4. The fourth-order valence-electron chi connectivity index (χ4n) is 2.14. The summed E-state index contributed by atoms with van der Waals surface area (Å²) in [6, 6.07) is 6.25. The molecule has 0 saturated carbocycles. The van der Waals surface area contributed by atoms with E-state index in [1.165, 1.54) is 12.1 Å². The number of aromatic nitrogens is 1. The molecular formula is C18H16BrClF2N2O.